The molecule has 0 amide bonds. The molecule has 1 aromatic carbocycles. The normalized spacial score (nSPS) is 23.4. The molecular weight excluding hydrogens is 280 g/mol. The van der Waals surface area contributed by atoms with Crippen molar-refractivity contribution in [3.63, 3.8) is 0 Å². The maximum Gasteiger partial charge on any atom is 0.507 e. The van der Waals surface area contributed by atoms with Gasteiger partial charge in [-0.3, -0.25) is 0 Å². The van der Waals surface area contributed by atoms with Gasteiger partial charge in [-0.1, -0.05) is 48.6 Å². The van der Waals surface area contributed by atoms with Crippen molar-refractivity contribution >= 4 is 6.16 Å². The number of hydrogen-bond donors (Lipinski definition) is 1. The molecule has 22 heavy (non-hydrogen) atoms. The summed E-state index contributed by atoms with van der Waals surface area (Å²) in [7, 11) is 0. The molecule has 2 unspecified atom stereocenters. The minimum Gasteiger partial charge on any atom is -0.450 e. The second-order valence-corrected chi connectivity index (χ2v) is 5.22. The van der Waals surface area contributed by atoms with Gasteiger partial charge in [0, 0.05) is 24.7 Å². The molecule has 1 aromatic rings. The van der Waals surface area contributed by atoms with Crippen molar-refractivity contribution in [2.24, 2.45) is 5.92 Å². The van der Waals surface area contributed by atoms with Gasteiger partial charge in [0.15, 0.2) is 5.60 Å². The predicted octanol–water partition coefficient (Wildman–Crippen LogP) is 4.14. The van der Waals surface area contributed by atoms with Gasteiger partial charge < -0.3 is 14.6 Å². The van der Waals surface area contributed by atoms with Crippen LogP contribution in [-0.2, 0) is 15.1 Å². The van der Waals surface area contributed by atoms with Crippen molar-refractivity contribution in [3.05, 3.63) is 60.2 Å². The van der Waals surface area contributed by atoms with Crippen molar-refractivity contribution in [1.82, 2.24) is 0 Å². The second-order valence-electron chi connectivity index (χ2n) is 5.22. The van der Waals surface area contributed by atoms with Crippen molar-refractivity contribution in [1.29, 1.82) is 0 Å². The summed E-state index contributed by atoms with van der Waals surface area (Å²) < 4.78 is 10.8. The number of rotatable bonds is 7. The Morgan fingerprint density at radius 3 is 2.73 bits per heavy atom. The molecule has 0 spiro atoms. The van der Waals surface area contributed by atoms with Crippen LogP contribution in [0.25, 0.3) is 0 Å². The van der Waals surface area contributed by atoms with E-state index >= 15 is 0 Å². The molecule has 118 valence electrons. The van der Waals surface area contributed by atoms with Gasteiger partial charge in [0.1, 0.15) is 0 Å². The Labute approximate surface area is 131 Å². The molecule has 0 aromatic heterocycles. The molecule has 0 aliphatic heterocycles. The fraction of sp³-hybridized carbons (Fsp3) is 0.389. The van der Waals surface area contributed by atoms with Crippen molar-refractivity contribution in [2.45, 2.75) is 25.4 Å². The molecule has 0 saturated carbocycles. The average Bonchev–Trinajstić information content (AvgIpc) is 2.53. The number of ether oxygens (including phenoxy) is 2. The Morgan fingerprint density at radius 1 is 1.27 bits per heavy atom. The molecular formula is C18H22O4. The Balaban J connectivity index is 2.26. The van der Waals surface area contributed by atoms with Gasteiger partial charge >= 0.3 is 6.16 Å². The molecule has 0 fully saturated rings. The van der Waals surface area contributed by atoms with E-state index in [4.69, 9.17) is 9.47 Å². The standard InChI is InChI=1S/C18H22O4/c1-2-21-14-8-12-16-11-6-7-13-18(16,22-17(19)20)15-9-4-3-5-10-15/h3-7,9-11,13,16H,2,8,12,14H2,1H3,(H,19,20). The Bertz CT molecular complexity index is 535. The third-order valence-corrected chi connectivity index (χ3v) is 3.84. The van der Waals surface area contributed by atoms with Crippen LogP contribution in [0.15, 0.2) is 54.6 Å². The van der Waals surface area contributed by atoms with Gasteiger partial charge in [-0.05, 0) is 25.8 Å². The fourth-order valence-electron chi connectivity index (χ4n) is 2.85. The van der Waals surface area contributed by atoms with Crippen molar-refractivity contribution in [3.8, 4) is 0 Å². The van der Waals surface area contributed by atoms with E-state index in [9.17, 15) is 9.90 Å². The van der Waals surface area contributed by atoms with Crippen molar-refractivity contribution in [2.75, 3.05) is 13.2 Å². The lowest BCUT2D eigenvalue weighted by atomic mass is 9.76. The van der Waals surface area contributed by atoms with Crippen LogP contribution in [0.1, 0.15) is 25.3 Å². The third kappa shape index (κ3) is 3.77. The Kier molecular flexibility index (Phi) is 5.78. The topological polar surface area (TPSA) is 55.8 Å². The first-order chi connectivity index (χ1) is 10.7. The predicted molar refractivity (Wildman–Crippen MR) is 84.7 cm³/mol. The molecule has 0 heterocycles. The zero-order valence-electron chi connectivity index (χ0n) is 12.8. The van der Waals surface area contributed by atoms with E-state index in [1.807, 2.05) is 61.6 Å². The van der Waals surface area contributed by atoms with Crippen LogP contribution in [-0.4, -0.2) is 24.5 Å². The lowest BCUT2D eigenvalue weighted by Crippen LogP contribution is -2.38. The minimum atomic E-state index is -1.27. The van der Waals surface area contributed by atoms with Crippen molar-refractivity contribution < 1.29 is 19.4 Å². The summed E-state index contributed by atoms with van der Waals surface area (Å²) in [5, 5.41) is 9.21. The second kappa shape index (κ2) is 7.80. The number of hydrogen-bond acceptors (Lipinski definition) is 3. The summed E-state index contributed by atoms with van der Waals surface area (Å²) in [6.07, 6.45) is 8.02. The van der Waals surface area contributed by atoms with E-state index in [1.165, 1.54) is 0 Å². The molecule has 1 N–H and O–H groups in total. The molecule has 4 nitrogen and oxygen atoms in total. The number of benzene rings is 1. The third-order valence-electron chi connectivity index (χ3n) is 3.84. The summed E-state index contributed by atoms with van der Waals surface area (Å²) in [4.78, 5) is 11.3. The zero-order valence-corrected chi connectivity index (χ0v) is 12.8. The maximum atomic E-state index is 11.3. The minimum absolute atomic E-state index is 0.0449. The van der Waals surface area contributed by atoms with Gasteiger partial charge in [0.05, 0.1) is 0 Å². The van der Waals surface area contributed by atoms with E-state index in [1.54, 1.807) is 0 Å². The van der Waals surface area contributed by atoms with Gasteiger partial charge in [0.25, 0.3) is 0 Å². The van der Waals surface area contributed by atoms with Gasteiger partial charge in [-0.2, -0.15) is 0 Å². The molecule has 0 bridgehead atoms. The Morgan fingerprint density at radius 2 is 2.05 bits per heavy atom. The molecule has 2 rings (SSSR count). The monoisotopic (exact) mass is 302 g/mol. The highest BCUT2D eigenvalue weighted by molar-refractivity contribution is 5.59. The molecule has 1 aliphatic rings. The van der Waals surface area contributed by atoms with Crippen LogP contribution in [0.5, 0.6) is 0 Å². The number of allylic oxidation sites excluding steroid dienone is 2. The van der Waals surface area contributed by atoms with E-state index < -0.39 is 11.8 Å². The summed E-state index contributed by atoms with van der Waals surface area (Å²) in [6, 6.07) is 9.51. The quantitative estimate of drug-likeness (QED) is 0.607. The largest absolute Gasteiger partial charge is 0.507 e. The molecule has 0 saturated heterocycles. The zero-order chi connectivity index (χ0) is 15.8. The highest BCUT2D eigenvalue weighted by Crippen LogP contribution is 2.41. The molecule has 0 radical (unpaired) electrons. The van der Waals surface area contributed by atoms with Crippen LogP contribution in [0.2, 0.25) is 0 Å². The van der Waals surface area contributed by atoms with E-state index in [2.05, 4.69) is 0 Å². The van der Waals surface area contributed by atoms with E-state index in [-0.39, 0.29) is 5.92 Å². The lowest BCUT2D eigenvalue weighted by Gasteiger charge is -2.37. The molecule has 1 aliphatic carbocycles. The van der Waals surface area contributed by atoms with E-state index in [0.717, 1.165) is 18.4 Å². The number of carbonyl (C=O) groups is 1. The average molecular weight is 302 g/mol. The fourth-order valence-corrected chi connectivity index (χ4v) is 2.85. The SMILES string of the molecule is CCOCCCC1C=CC=CC1(OC(=O)O)c1ccccc1. The van der Waals surface area contributed by atoms with Crippen LogP contribution in [0.3, 0.4) is 0 Å². The summed E-state index contributed by atoms with van der Waals surface area (Å²) >= 11 is 0. The van der Waals surface area contributed by atoms with E-state index in [0.29, 0.717) is 13.2 Å². The van der Waals surface area contributed by atoms with Crippen LogP contribution in [0, 0.1) is 5.92 Å². The number of carboxylic acid groups (broad SMARTS) is 1. The summed E-state index contributed by atoms with van der Waals surface area (Å²) in [5.41, 5.74) is -0.118. The highest BCUT2D eigenvalue weighted by atomic mass is 16.7. The first-order valence-electron chi connectivity index (χ1n) is 7.60. The van der Waals surface area contributed by atoms with Gasteiger partial charge in [-0.15, -0.1) is 0 Å². The smallest absolute Gasteiger partial charge is 0.450 e. The molecule has 2 atom stereocenters. The molecule has 4 heteroatoms. The first kappa shape index (κ1) is 16.3. The van der Waals surface area contributed by atoms with Gasteiger partial charge in [-0.25, -0.2) is 4.79 Å². The lowest BCUT2D eigenvalue weighted by molar-refractivity contribution is -0.0216. The maximum absolute atomic E-state index is 11.3. The Hall–Kier alpha value is -2.07. The van der Waals surface area contributed by atoms with Crippen LogP contribution in [0.4, 0.5) is 4.79 Å². The summed E-state index contributed by atoms with van der Waals surface area (Å²) in [5.74, 6) is -0.0449. The summed E-state index contributed by atoms with van der Waals surface area (Å²) in [6.45, 7) is 3.32. The first-order valence-corrected chi connectivity index (χ1v) is 7.60. The van der Waals surface area contributed by atoms with Crippen LogP contribution < -0.4 is 0 Å². The van der Waals surface area contributed by atoms with Crippen LogP contribution >= 0.6 is 0 Å². The van der Waals surface area contributed by atoms with Gasteiger partial charge in [0.2, 0.25) is 0 Å². The highest BCUT2D eigenvalue weighted by Gasteiger charge is 2.41.